The van der Waals surface area contributed by atoms with Crippen molar-refractivity contribution in [2.75, 3.05) is 26.2 Å². The van der Waals surface area contributed by atoms with Gasteiger partial charge in [-0.15, -0.1) is 0 Å². The predicted molar refractivity (Wildman–Crippen MR) is 213 cm³/mol. The van der Waals surface area contributed by atoms with E-state index >= 15 is 0 Å². The van der Waals surface area contributed by atoms with Crippen LogP contribution in [0.4, 0.5) is 0 Å². The lowest BCUT2D eigenvalue weighted by Crippen LogP contribution is -2.62. The monoisotopic (exact) mass is 863 g/mol. The zero-order chi connectivity index (χ0) is 45.8. The van der Waals surface area contributed by atoms with E-state index in [0.717, 1.165) is 20.8 Å². The first kappa shape index (κ1) is 51.4. The van der Waals surface area contributed by atoms with E-state index in [1.807, 2.05) is 0 Å². The second kappa shape index (κ2) is 25.8. The maximum absolute atomic E-state index is 14.2. The summed E-state index contributed by atoms with van der Waals surface area (Å²) in [5.41, 5.74) is 0.610. The van der Waals surface area contributed by atoms with Gasteiger partial charge in [0.25, 0.3) is 0 Å². The van der Waals surface area contributed by atoms with Crippen LogP contribution in [0, 0.1) is 5.92 Å². The smallest absolute Gasteiger partial charge is 0.245 e. The van der Waals surface area contributed by atoms with E-state index < -0.39 is 96.0 Å². The van der Waals surface area contributed by atoms with E-state index in [-0.39, 0.29) is 76.9 Å². The number of aliphatic hydroxyl groups is 1. The minimum Gasteiger partial charge on any atom is -0.394 e. The predicted octanol–water partition coefficient (Wildman–Crippen LogP) is -1.76. The standard InChI is InChI=1S/C39H61N9O13/c1-23(2)20-31-37(56)44-32(21-27-12-7-6-8-13-27)38(57)42-29(15-10-18-47(60)25(4)51)35(54)40-28(14-9-17-46(59)24(3)50)34(53)41-30(16-11-19-48(61)26(5)52)36(55)45-33(22-49)39(58)43-31/h6-8,12-13,23,28-33,49,59-61H,9-11,14-22H2,1-5H3,(H,40,54)(H,41,53)(H,42,57)(H,43,58)(H,44,56)(H,45,55). The highest BCUT2D eigenvalue weighted by Crippen LogP contribution is 2.12. The van der Waals surface area contributed by atoms with Crippen molar-refractivity contribution in [2.24, 2.45) is 5.92 Å². The van der Waals surface area contributed by atoms with Gasteiger partial charge in [0, 0.05) is 46.8 Å². The first-order chi connectivity index (χ1) is 28.7. The van der Waals surface area contributed by atoms with Gasteiger partial charge in [-0.2, -0.15) is 0 Å². The molecule has 1 aliphatic heterocycles. The van der Waals surface area contributed by atoms with Gasteiger partial charge in [0.05, 0.1) is 6.61 Å². The van der Waals surface area contributed by atoms with E-state index in [0.29, 0.717) is 20.8 Å². The number of hydroxylamine groups is 6. The minimum atomic E-state index is -1.65. The fraction of sp³-hybridized carbons (Fsp3) is 0.615. The van der Waals surface area contributed by atoms with Crippen LogP contribution in [0.1, 0.15) is 85.1 Å². The molecule has 0 aromatic heterocycles. The molecule has 1 fully saturated rings. The van der Waals surface area contributed by atoms with Crippen LogP contribution in [0.25, 0.3) is 0 Å². The Morgan fingerprint density at radius 3 is 1.20 bits per heavy atom. The summed E-state index contributed by atoms with van der Waals surface area (Å²) in [7, 11) is 0. The molecule has 0 bridgehead atoms. The molecule has 10 N–H and O–H groups in total. The van der Waals surface area contributed by atoms with Crippen molar-refractivity contribution in [3.05, 3.63) is 35.9 Å². The van der Waals surface area contributed by atoms with Crippen LogP contribution in [0.2, 0.25) is 0 Å². The van der Waals surface area contributed by atoms with Gasteiger partial charge in [0.1, 0.15) is 36.3 Å². The van der Waals surface area contributed by atoms with Crippen LogP contribution in [0.3, 0.4) is 0 Å². The summed E-state index contributed by atoms with van der Waals surface area (Å²) in [5.74, 6) is -7.80. The minimum absolute atomic E-state index is 0.0436. The lowest BCUT2D eigenvalue weighted by molar-refractivity contribution is -0.163. The molecule has 22 heteroatoms. The molecular weight excluding hydrogens is 802 g/mol. The van der Waals surface area contributed by atoms with E-state index in [4.69, 9.17) is 0 Å². The molecule has 1 saturated heterocycles. The summed E-state index contributed by atoms with van der Waals surface area (Å²) < 4.78 is 0. The number of benzene rings is 1. The highest BCUT2D eigenvalue weighted by Gasteiger charge is 2.35. The Kier molecular flexibility index (Phi) is 21.8. The highest BCUT2D eigenvalue weighted by atomic mass is 16.5. The largest absolute Gasteiger partial charge is 0.394 e. The summed E-state index contributed by atoms with van der Waals surface area (Å²) in [4.78, 5) is 119. The molecule has 1 aromatic carbocycles. The molecule has 9 amide bonds. The summed E-state index contributed by atoms with van der Waals surface area (Å²) in [5, 5.41) is 56.6. The molecule has 1 heterocycles. The molecule has 6 atom stereocenters. The van der Waals surface area contributed by atoms with Crippen LogP contribution in [0.15, 0.2) is 30.3 Å². The Hall–Kier alpha value is -5.71. The van der Waals surface area contributed by atoms with Gasteiger partial charge < -0.3 is 37.0 Å². The van der Waals surface area contributed by atoms with E-state index in [2.05, 4.69) is 31.9 Å². The number of hydrogen-bond donors (Lipinski definition) is 10. The molecule has 22 nitrogen and oxygen atoms in total. The van der Waals surface area contributed by atoms with Crippen LogP contribution in [-0.4, -0.2) is 152 Å². The average molecular weight is 864 g/mol. The van der Waals surface area contributed by atoms with Crippen molar-refractivity contribution in [1.82, 2.24) is 47.1 Å². The van der Waals surface area contributed by atoms with Crippen molar-refractivity contribution in [2.45, 2.75) is 122 Å². The zero-order valence-electron chi connectivity index (χ0n) is 35.2. The second-order valence-electron chi connectivity index (χ2n) is 15.2. The molecule has 0 radical (unpaired) electrons. The topological polar surface area (TPSA) is 316 Å². The number of carbonyl (C=O) groups is 9. The number of nitrogens with zero attached hydrogens (tertiary/aromatic N) is 3. The summed E-state index contributed by atoms with van der Waals surface area (Å²) in [6.07, 6.45) is -0.916. The van der Waals surface area contributed by atoms with Crippen LogP contribution >= 0.6 is 0 Å². The van der Waals surface area contributed by atoms with Crippen LogP contribution in [0.5, 0.6) is 0 Å². The summed E-state index contributed by atoms with van der Waals surface area (Å²) in [6.45, 7) is 5.10. The number of carbonyl (C=O) groups excluding carboxylic acids is 9. The summed E-state index contributed by atoms with van der Waals surface area (Å²) in [6, 6.07) is -0.199. The van der Waals surface area contributed by atoms with Gasteiger partial charge in [-0.1, -0.05) is 44.2 Å². The van der Waals surface area contributed by atoms with Gasteiger partial charge in [-0.25, -0.2) is 15.2 Å². The zero-order valence-corrected chi connectivity index (χ0v) is 35.2. The number of rotatable bonds is 17. The molecule has 0 spiro atoms. The van der Waals surface area contributed by atoms with Crippen molar-refractivity contribution in [3.63, 3.8) is 0 Å². The quantitative estimate of drug-likeness (QED) is 0.0614. The molecule has 6 unspecified atom stereocenters. The van der Waals surface area contributed by atoms with Gasteiger partial charge in [0.2, 0.25) is 53.2 Å². The lowest BCUT2D eigenvalue weighted by Gasteiger charge is -2.29. The van der Waals surface area contributed by atoms with Crippen molar-refractivity contribution in [3.8, 4) is 0 Å². The molecule has 1 aromatic rings. The maximum atomic E-state index is 14.2. The third-order valence-corrected chi connectivity index (χ3v) is 9.65. The van der Waals surface area contributed by atoms with Crippen molar-refractivity contribution >= 4 is 53.2 Å². The highest BCUT2D eigenvalue weighted by molar-refractivity contribution is 5.98. The van der Waals surface area contributed by atoms with E-state index in [1.54, 1.807) is 44.2 Å². The molecular formula is C39H61N9O13. The van der Waals surface area contributed by atoms with E-state index in [9.17, 15) is 63.9 Å². The molecule has 0 saturated carbocycles. The molecule has 0 aliphatic carbocycles. The van der Waals surface area contributed by atoms with Gasteiger partial charge in [-0.05, 0) is 56.4 Å². The van der Waals surface area contributed by atoms with Crippen molar-refractivity contribution in [1.29, 1.82) is 0 Å². The van der Waals surface area contributed by atoms with Crippen molar-refractivity contribution < 1.29 is 63.9 Å². The van der Waals surface area contributed by atoms with Gasteiger partial charge in [-0.3, -0.25) is 58.8 Å². The third kappa shape index (κ3) is 18.2. The van der Waals surface area contributed by atoms with E-state index in [1.165, 1.54) is 0 Å². The molecule has 2 rings (SSSR count). The molecule has 1 aliphatic rings. The fourth-order valence-corrected chi connectivity index (χ4v) is 6.20. The normalized spacial score (nSPS) is 22.0. The number of amides is 9. The Morgan fingerprint density at radius 1 is 0.525 bits per heavy atom. The Balaban J connectivity index is 2.71. The van der Waals surface area contributed by atoms with Crippen LogP contribution < -0.4 is 31.9 Å². The molecule has 340 valence electrons. The third-order valence-electron chi connectivity index (χ3n) is 9.65. The maximum Gasteiger partial charge on any atom is 0.245 e. The first-order valence-corrected chi connectivity index (χ1v) is 20.1. The van der Waals surface area contributed by atoms with Gasteiger partial charge >= 0.3 is 0 Å². The van der Waals surface area contributed by atoms with Gasteiger partial charge in [0.15, 0.2) is 0 Å². The number of nitrogens with one attached hydrogen (secondary N) is 6. The molecule has 61 heavy (non-hydrogen) atoms. The van der Waals surface area contributed by atoms with Crippen LogP contribution in [-0.2, 0) is 49.6 Å². The number of aliphatic hydroxyl groups excluding tert-OH is 1. The second-order valence-corrected chi connectivity index (χ2v) is 15.2. The summed E-state index contributed by atoms with van der Waals surface area (Å²) >= 11 is 0. The SMILES string of the molecule is CC(=O)N(O)CCCC1NC(=O)C(CCCN(O)C(C)=O)NC(=O)C(CCCN(O)C(C)=O)NC(=O)C(Cc2ccccc2)NC(=O)C(CC(C)C)NC(=O)C(CO)NC1=O. The first-order valence-electron chi connectivity index (χ1n) is 20.1. The fourth-order valence-electron chi connectivity index (χ4n) is 6.20. The Labute approximate surface area is 354 Å². The number of hydrogen-bond acceptors (Lipinski definition) is 13. The average Bonchev–Trinajstić information content (AvgIpc) is 3.20. The lowest BCUT2D eigenvalue weighted by atomic mass is 10.00. The Morgan fingerprint density at radius 2 is 0.836 bits per heavy atom. The Bertz CT molecular complexity index is 1680.